The number of benzene rings is 2. The van der Waals surface area contributed by atoms with Gasteiger partial charge in [0.25, 0.3) is 5.91 Å². The summed E-state index contributed by atoms with van der Waals surface area (Å²) in [6.45, 7) is -0.0730. The maximum Gasteiger partial charge on any atom is 0.258 e. The van der Waals surface area contributed by atoms with Crippen molar-refractivity contribution in [2.24, 2.45) is 0 Å². The molecule has 0 spiro atoms. The van der Waals surface area contributed by atoms with E-state index >= 15 is 0 Å². The van der Waals surface area contributed by atoms with Gasteiger partial charge in [-0.3, -0.25) is 9.52 Å². The molecule has 2 aromatic rings. The molecule has 0 heterocycles. The first-order valence-corrected chi connectivity index (χ1v) is 9.83. The summed E-state index contributed by atoms with van der Waals surface area (Å²) in [4.78, 5) is 11.8. The molecule has 0 bridgehead atoms. The lowest BCUT2D eigenvalue weighted by Gasteiger charge is -2.09. The van der Waals surface area contributed by atoms with Gasteiger partial charge in [0.05, 0.1) is 11.9 Å². The van der Waals surface area contributed by atoms with Crippen molar-refractivity contribution in [3.63, 3.8) is 0 Å². The molecule has 134 valence electrons. The number of sulfonamides is 1. The van der Waals surface area contributed by atoms with Crippen LogP contribution in [-0.2, 0) is 21.4 Å². The zero-order valence-corrected chi connectivity index (χ0v) is 15.7. The normalized spacial score (nSPS) is 11.0. The average molecular weight is 431 g/mol. The molecule has 2 rings (SSSR count). The van der Waals surface area contributed by atoms with Crippen molar-refractivity contribution in [3.05, 3.63) is 58.3 Å². The molecule has 0 aliphatic heterocycles. The molecule has 0 aliphatic rings. The van der Waals surface area contributed by atoms with E-state index in [4.69, 9.17) is 4.74 Å². The summed E-state index contributed by atoms with van der Waals surface area (Å²) in [5, 5.41) is 2.60. The van der Waals surface area contributed by atoms with Crippen molar-refractivity contribution >= 4 is 37.5 Å². The highest BCUT2D eigenvalue weighted by molar-refractivity contribution is 9.10. The number of carbonyl (C=O) groups excluding carboxylic acids is 1. The van der Waals surface area contributed by atoms with E-state index in [-0.39, 0.29) is 24.7 Å². The minimum Gasteiger partial charge on any atom is -0.484 e. The molecule has 25 heavy (non-hydrogen) atoms. The molecule has 0 aliphatic carbocycles. The molecule has 0 radical (unpaired) electrons. The number of hydrogen-bond acceptors (Lipinski definition) is 4. The van der Waals surface area contributed by atoms with Crippen LogP contribution in [0.15, 0.2) is 46.9 Å². The van der Waals surface area contributed by atoms with Gasteiger partial charge in [-0.25, -0.2) is 12.8 Å². The third-order valence-electron chi connectivity index (χ3n) is 3.00. The van der Waals surface area contributed by atoms with Crippen LogP contribution in [0.1, 0.15) is 5.56 Å². The number of rotatable bonds is 7. The molecule has 0 saturated heterocycles. The zero-order chi connectivity index (χ0) is 18.4. The van der Waals surface area contributed by atoms with E-state index in [1.807, 2.05) is 0 Å². The Kier molecular flexibility index (Phi) is 6.38. The standard InChI is InChI=1S/C16H16BrFN2O4S/c1-25(22,23)20-15-7-2-11(8-14(15)18)9-19-16(21)10-24-13-5-3-12(17)4-6-13/h2-8,20H,9-10H2,1H3,(H,19,21). The molecular weight excluding hydrogens is 415 g/mol. The molecule has 2 aromatic carbocycles. The summed E-state index contributed by atoms with van der Waals surface area (Å²) in [6, 6.07) is 11.0. The summed E-state index contributed by atoms with van der Waals surface area (Å²) in [5.74, 6) is -0.523. The fraction of sp³-hybridized carbons (Fsp3) is 0.188. The van der Waals surface area contributed by atoms with E-state index in [2.05, 4.69) is 26.0 Å². The second-order valence-corrected chi connectivity index (χ2v) is 7.87. The number of carbonyl (C=O) groups is 1. The smallest absolute Gasteiger partial charge is 0.258 e. The molecule has 6 nitrogen and oxygen atoms in total. The second-order valence-electron chi connectivity index (χ2n) is 5.21. The van der Waals surface area contributed by atoms with Crippen molar-refractivity contribution in [1.82, 2.24) is 5.32 Å². The van der Waals surface area contributed by atoms with Gasteiger partial charge in [-0.1, -0.05) is 22.0 Å². The minimum atomic E-state index is -3.55. The largest absolute Gasteiger partial charge is 0.484 e. The van der Waals surface area contributed by atoms with Crippen LogP contribution in [0, 0.1) is 5.82 Å². The third-order valence-corrected chi connectivity index (χ3v) is 4.12. The van der Waals surface area contributed by atoms with Crippen LogP contribution in [-0.4, -0.2) is 27.2 Å². The number of anilines is 1. The first kappa shape index (κ1) is 19.2. The molecule has 0 aromatic heterocycles. The van der Waals surface area contributed by atoms with Crippen molar-refractivity contribution < 1.29 is 22.3 Å². The van der Waals surface area contributed by atoms with Crippen LogP contribution in [0.5, 0.6) is 5.75 Å². The number of nitrogens with one attached hydrogen (secondary N) is 2. The lowest BCUT2D eigenvalue weighted by Crippen LogP contribution is -2.28. The van der Waals surface area contributed by atoms with Crippen LogP contribution in [0.3, 0.4) is 0 Å². The SMILES string of the molecule is CS(=O)(=O)Nc1ccc(CNC(=O)COc2ccc(Br)cc2)cc1F. The molecule has 9 heteroatoms. The van der Waals surface area contributed by atoms with E-state index < -0.39 is 15.8 Å². The van der Waals surface area contributed by atoms with Gasteiger partial charge >= 0.3 is 0 Å². The van der Waals surface area contributed by atoms with Crippen molar-refractivity contribution in [3.8, 4) is 5.75 Å². The topological polar surface area (TPSA) is 84.5 Å². The fourth-order valence-corrected chi connectivity index (χ4v) is 2.71. The Labute approximate surface area is 153 Å². The van der Waals surface area contributed by atoms with Gasteiger partial charge in [-0.15, -0.1) is 0 Å². The van der Waals surface area contributed by atoms with Gasteiger partial charge in [-0.05, 0) is 42.0 Å². The van der Waals surface area contributed by atoms with E-state index in [1.165, 1.54) is 12.1 Å². The number of ether oxygens (including phenoxy) is 1. The first-order valence-electron chi connectivity index (χ1n) is 7.14. The molecule has 0 unspecified atom stereocenters. The highest BCUT2D eigenvalue weighted by atomic mass is 79.9. The summed E-state index contributed by atoms with van der Waals surface area (Å²) in [7, 11) is -3.55. The van der Waals surface area contributed by atoms with E-state index in [0.29, 0.717) is 11.3 Å². The maximum absolute atomic E-state index is 13.8. The Balaban J connectivity index is 1.85. The summed E-state index contributed by atoms with van der Waals surface area (Å²) >= 11 is 3.30. The molecule has 2 N–H and O–H groups in total. The van der Waals surface area contributed by atoms with Crippen molar-refractivity contribution in [2.75, 3.05) is 17.6 Å². The predicted octanol–water partition coefficient (Wildman–Crippen LogP) is 2.65. The van der Waals surface area contributed by atoms with Crippen LogP contribution < -0.4 is 14.8 Å². The zero-order valence-electron chi connectivity index (χ0n) is 13.3. The number of hydrogen-bond donors (Lipinski definition) is 2. The highest BCUT2D eigenvalue weighted by Gasteiger charge is 2.09. The third kappa shape index (κ3) is 6.71. The van der Waals surface area contributed by atoms with Gasteiger partial charge in [-0.2, -0.15) is 0 Å². The maximum atomic E-state index is 13.8. The Morgan fingerprint density at radius 1 is 1.20 bits per heavy atom. The van der Waals surface area contributed by atoms with Crippen molar-refractivity contribution in [2.45, 2.75) is 6.54 Å². The van der Waals surface area contributed by atoms with Gasteiger partial charge in [0.15, 0.2) is 6.61 Å². The summed E-state index contributed by atoms with van der Waals surface area (Å²) in [6.07, 6.45) is 0.937. The molecular formula is C16H16BrFN2O4S. The van der Waals surface area contributed by atoms with Gasteiger partial charge in [0.1, 0.15) is 11.6 Å². The lowest BCUT2D eigenvalue weighted by atomic mass is 10.2. The molecule has 1 amide bonds. The Morgan fingerprint density at radius 3 is 2.48 bits per heavy atom. The predicted molar refractivity (Wildman–Crippen MR) is 96.4 cm³/mol. The number of amides is 1. The van der Waals surface area contributed by atoms with E-state index in [9.17, 15) is 17.6 Å². The van der Waals surface area contributed by atoms with Crippen LogP contribution >= 0.6 is 15.9 Å². The Bertz CT molecular complexity index is 857. The van der Waals surface area contributed by atoms with Gasteiger partial charge < -0.3 is 10.1 Å². The average Bonchev–Trinajstić information content (AvgIpc) is 2.53. The highest BCUT2D eigenvalue weighted by Crippen LogP contribution is 2.17. The molecule has 0 saturated carbocycles. The number of halogens is 2. The Hall–Kier alpha value is -2.13. The van der Waals surface area contributed by atoms with Crippen LogP contribution in [0.2, 0.25) is 0 Å². The van der Waals surface area contributed by atoms with E-state index in [0.717, 1.165) is 16.8 Å². The van der Waals surface area contributed by atoms with Crippen LogP contribution in [0.4, 0.5) is 10.1 Å². The Morgan fingerprint density at radius 2 is 1.88 bits per heavy atom. The first-order chi connectivity index (χ1) is 11.7. The lowest BCUT2D eigenvalue weighted by molar-refractivity contribution is -0.123. The monoisotopic (exact) mass is 430 g/mol. The summed E-state index contributed by atoms with van der Waals surface area (Å²) in [5.41, 5.74) is 0.352. The molecule has 0 atom stereocenters. The fourth-order valence-electron chi connectivity index (χ4n) is 1.88. The van der Waals surface area contributed by atoms with E-state index in [1.54, 1.807) is 24.3 Å². The van der Waals surface area contributed by atoms with Crippen molar-refractivity contribution in [1.29, 1.82) is 0 Å². The van der Waals surface area contributed by atoms with Gasteiger partial charge in [0, 0.05) is 11.0 Å². The summed E-state index contributed by atoms with van der Waals surface area (Å²) < 4.78 is 44.4. The second kappa shape index (κ2) is 8.30. The van der Waals surface area contributed by atoms with Gasteiger partial charge in [0.2, 0.25) is 10.0 Å². The minimum absolute atomic E-state index is 0.0958. The molecule has 0 fully saturated rings. The quantitative estimate of drug-likeness (QED) is 0.706. The van der Waals surface area contributed by atoms with Crippen LogP contribution in [0.25, 0.3) is 0 Å².